The molecule has 5 heteroatoms. The number of aromatic hydroxyl groups is 2. The fraction of sp³-hybridized carbons (Fsp3) is 0.111. The normalized spacial score (nSPS) is 7.42. The molecule has 0 aromatic heterocycles. The van der Waals surface area contributed by atoms with Gasteiger partial charge in [-0.3, -0.25) is 9.59 Å². The molecule has 3 rings (SSSR count). The first-order valence-corrected chi connectivity index (χ1v) is 16.5. The number of hydrogen-bond donors (Lipinski definition) is 3. The number of phenolic OH excluding ortho intramolecular Hbond substituents is 2. The van der Waals surface area contributed by atoms with E-state index in [1.807, 2.05) is 6.07 Å². The second kappa shape index (κ2) is 31.2. The predicted octanol–water partition coefficient (Wildman–Crippen LogP) is 3.85. The van der Waals surface area contributed by atoms with Crippen molar-refractivity contribution in [2.45, 2.75) is 39.5 Å². The van der Waals surface area contributed by atoms with Crippen molar-refractivity contribution in [1.82, 2.24) is 0 Å². The summed E-state index contributed by atoms with van der Waals surface area (Å²) in [5.74, 6) is 78.1. The molecule has 0 unspecified atom stereocenters. The minimum atomic E-state index is -0.819. The number of carboxylic acid groups (broad SMARTS) is 1. The molecule has 0 fully saturated rings. The van der Waals surface area contributed by atoms with Crippen LogP contribution in [-0.4, -0.2) is 27.1 Å². The van der Waals surface area contributed by atoms with Gasteiger partial charge in [-0.25, -0.2) is 0 Å². The van der Waals surface area contributed by atoms with Crippen LogP contribution >= 0.6 is 0 Å². The van der Waals surface area contributed by atoms with Gasteiger partial charge in [-0.2, -0.15) is 0 Å². The lowest BCUT2D eigenvalue weighted by Gasteiger charge is -2.02. The molecule has 0 saturated carbocycles. The molecule has 3 N–H and O–H groups in total. The quantitative estimate of drug-likeness (QED) is 0.415. The Kier molecular flexibility index (Phi) is 24.7. The highest BCUT2D eigenvalue weighted by molar-refractivity contribution is 6.00. The van der Waals surface area contributed by atoms with Crippen LogP contribution in [0.3, 0.4) is 0 Å². The summed E-state index contributed by atoms with van der Waals surface area (Å²) >= 11 is 0. The number of aliphatic carboxylic acids is 1. The smallest absolute Gasteiger partial charge is 0.303 e. The fourth-order valence-corrected chi connectivity index (χ4v) is 3.60. The van der Waals surface area contributed by atoms with Gasteiger partial charge in [0.2, 0.25) is 0 Å². The largest absolute Gasteiger partial charge is 0.508 e. The topological polar surface area (TPSA) is 94.8 Å². The first-order chi connectivity index (χ1) is 28.7. The number of terminal acetylenes is 2. The Balaban J connectivity index is 0.000000554. The standard InChI is InChI=1S/C34H2.C10H12O3.C10H10O2/c1-3-5-7-9-11-13-15-17-19-21-23-25-27-29-31-33-34-32-30-28-26-24-22-20-18-16-14-12-10-8-6-4-2;1-7-2-3-8(6-9(7)11)4-5-10(12)13;1-6-4-8-7(5-10(6)12)2-3-9(8)11/h1-2H;2-3,6,11H,4-5H2,1H3,(H,12,13);4-5,12H,2-3H2,1H3. The van der Waals surface area contributed by atoms with Crippen molar-refractivity contribution in [2.24, 2.45) is 0 Å². The molecular formula is C54H24O5. The average molecular weight is 753 g/mol. The average Bonchev–Trinajstić information content (AvgIpc) is 3.57. The van der Waals surface area contributed by atoms with Crippen molar-refractivity contribution < 1.29 is 24.9 Å². The highest BCUT2D eigenvalue weighted by Crippen LogP contribution is 2.28. The molecule has 2 aromatic carbocycles. The van der Waals surface area contributed by atoms with Gasteiger partial charge in [-0.05, 0) is 162 Å². The van der Waals surface area contributed by atoms with E-state index in [0.29, 0.717) is 18.6 Å². The van der Waals surface area contributed by atoms with E-state index in [4.69, 9.17) is 18.0 Å². The van der Waals surface area contributed by atoms with Crippen LogP contribution < -0.4 is 0 Å². The van der Waals surface area contributed by atoms with E-state index < -0.39 is 5.97 Å². The maximum absolute atomic E-state index is 11.2. The monoisotopic (exact) mass is 752 g/mol. The van der Waals surface area contributed by atoms with E-state index in [1.165, 1.54) is 0 Å². The number of fused-ring (bicyclic) bond motifs is 1. The summed E-state index contributed by atoms with van der Waals surface area (Å²) in [6.07, 6.45) is 11.8. The Morgan fingerprint density at radius 1 is 0.508 bits per heavy atom. The van der Waals surface area contributed by atoms with Crippen LogP contribution in [0.15, 0.2) is 30.3 Å². The van der Waals surface area contributed by atoms with Gasteiger partial charge in [0.1, 0.15) is 11.5 Å². The van der Waals surface area contributed by atoms with Crippen LogP contribution in [0.2, 0.25) is 0 Å². The number of ketones is 1. The Labute approximate surface area is 347 Å². The molecule has 0 amide bonds. The molecule has 0 atom stereocenters. The number of carbonyl (C=O) groups excluding carboxylic acids is 1. The third-order valence-corrected chi connectivity index (χ3v) is 6.20. The van der Waals surface area contributed by atoms with Crippen LogP contribution in [0.1, 0.15) is 45.5 Å². The van der Waals surface area contributed by atoms with Crippen molar-refractivity contribution in [3.8, 4) is 214 Å². The molecule has 1 aliphatic carbocycles. The van der Waals surface area contributed by atoms with Crippen LogP contribution in [0.25, 0.3) is 0 Å². The summed E-state index contributed by atoms with van der Waals surface area (Å²) in [4.78, 5) is 21.5. The maximum atomic E-state index is 11.2. The Hall–Kier alpha value is -10.3. The summed E-state index contributed by atoms with van der Waals surface area (Å²) in [7, 11) is 0. The van der Waals surface area contributed by atoms with E-state index in [2.05, 4.69) is 189 Å². The van der Waals surface area contributed by atoms with Crippen molar-refractivity contribution in [3.05, 3.63) is 58.1 Å². The third-order valence-electron chi connectivity index (χ3n) is 6.20. The van der Waals surface area contributed by atoms with Gasteiger partial charge in [0.25, 0.3) is 0 Å². The molecule has 0 bridgehead atoms. The highest BCUT2D eigenvalue weighted by Gasteiger charge is 2.20. The zero-order valence-electron chi connectivity index (χ0n) is 31.5. The summed E-state index contributed by atoms with van der Waals surface area (Å²) in [5, 5.41) is 27.1. The molecule has 0 radical (unpaired) electrons. The van der Waals surface area contributed by atoms with Crippen LogP contribution in [0.5, 0.6) is 11.5 Å². The first kappa shape index (κ1) is 46.7. The Morgan fingerprint density at radius 3 is 1.17 bits per heavy atom. The SMILES string of the molecule is C#CC#CC#CC#CC#CC#CC#CC#CC#CC#CC#CC#CC#CC#CC#CC#CC#C.Cc1cc2c(cc1O)CCC2=O.Cc1ccc(CCC(=O)O)cc1O. The van der Waals surface area contributed by atoms with Crippen LogP contribution in [0, 0.1) is 216 Å². The van der Waals surface area contributed by atoms with Crippen molar-refractivity contribution in [1.29, 1.82) is 0 Å². The van der Waals surface area contributed by atoms with Crippen LogP contribution in [-0.2, 0) is 17.6 Å². The number of phenols is 2. The molecule has 0 saturated heterocycles. The highest BCUT2D eigenvalue weighted by atomic mass is 16.4. The first-order valence-electron chi connectivity index (χ1n) is 16.5. The van der Waals surface area contributed by atoms with Gasteiger partial charge in [-0.15, -0.1) is 12.8 Å². The Bertz CT molecular complexity index is 2940. The van der Waals surface area contributed by atoms with E-state index >= 15 is 0 Å². The second-order valence-corrected chi connectivity index (χ2v) is 10.3. The molecule has 270 valence electrons. The zero-order chi connectivity index (χ0) is 43.2. The minimum absolute atomic E-state index is 0.0997. The third kappa shape index (κ3) is 24.6. The summed E-state index contributed by atoms with van der Waals surface area (Å²) < 4.78 is 0. The van der Waals surface area contributed by atoms with E-state index in [9.17, 15) is 19.8 Å². The lowest BCUT2D eigenvalue weighted by molar-refractivity contribution is -0.136. The fourth-order valence-electron chi connectivity index (χ4n) is 3.60. The van der Waals surface area contributed by atoms with Crippen molar-refractivity contribution in [3.63, 3.8) is 0 Å². The van der Waals surface area contributed by atoms with Gasteiger partial charge in [0.05, 0.1) is 0 Å². The lowest BCUT2D eigenvalue weighted by Crippen LogP contribution is -1.97. The zero-order valence-corrected chi connectivity index (χ0v) is 31.5. The number of benzene rings is 2. The molecule has 0 heterocycles. The van der Waals surface area contributed by atoms with E-state index in [-0.39, 0.29) is 18.0 Å². The van der Waals surface area contributed by atoms with Crippen molar-refractivity contribution >= 4 is 11.8 Å². The van der Waals surface area contributed by atoms with Gasteiger partial charge >= 0.3 is 5.97 Å². The van der Waals surface area contributed by atoms with Crippen LogP contribution in [0.4, 0.5) is 0 Å². The van der Waals surface area contributed by atoms with Gasteiger partial charge in [-0.1, -0.05) is 12.1 Å². The second-order valence-electron chi connectivity index (χ2n) is 10.3. The Morgan fingerprint density at radius 2 is 0.847 bits per heavy atom. The maximum Gasteiger partial charge on any atom is 0.303 e. The molecule has 5 nitrogen and oxygen atoms in total. The number of hydrogen-bond acceptors (Lipinski definition) is 4. The molecule has 2 aromatic rings. The predicted molar refractivity (Wildman–Crippen MR) is 229 cm³/mol. The molecule has 0 spiro atoms. The molecule has 59 heavy (non-hydrogen) atoms. The van der Waals surface area contributed by atoms with E-state index in [0.717, 1.165) is 34.2 Å². The van der Waals surface area contributed by atoms with Gasteiger partial charge < -0.3 is 15.3 Å². The van der Waals surface area contributed by atoms with Gasteiger partial charge in [0.15, 0.2) is 5.78 Å². The summed E-state index contributed by atoms with van der Waals surface area (Å²) in [6, 6.07) is 8.71. The molecule has 0 aliphatic heterocycles. The van der Waals surface area contributed by atoms with E-state index in [1.54, 1.807) is 38.1 Å². The summed E-state index contributed by atoms with van der Waals surface area (Å²) in [6.45, 7) is 3.61. The number of carboxylic acids is 1. The number of carbonyl (C=O) groups is 2. The lowest BCUT2D eigenvalue weighted by atomic mass is 10.1. The van der Waals surface area contributed by atoms with Gasteiger partial charge in [0, 0.05) is 113 Å². The molecular weight excluding hydrogens is 729 g/mol. The summed E-state index contributed by atoms with van der Waals surface area (Å²) in [5.41, 5.74) is 4.22. The number of aryl methyl sites for hydroxylation is 4. The number of Topliss-reactive ketones (excluding diaryl/α,β-unsaturated/α-hetero) is 1. The van der Waals surface area contributed by atoms with Crippen molar-refractivity contribution in [2.75, 3.05) is 0 Å². The molecule has 1 aliphatic rings. The minimum Gasteiger partial charge on any atom is -0.508 e. The number of rotatable bonds is 3.